The van der Waals surface area contributed by atoms with Crippen molar-refractivity contribution in [2.24, 2.45) is 0 Å². The maximum Gasteiger partial charge on any atom is 0.0850 e. The zero-order chi connectivity index (χ0) is 10.8. The van der Waals surface area contributed by atoms with Crippen molar-refractivity contribution >= 4 is 5.69 Å². The van der Waals surface area contributed by atoms with Crippen molar-refractivity contribution in [2.75, 3.05) is 5.73 Å². The summed E-state index contributed by atoms with van der Waals surface area (Å²) in [5.41, 5.74) is 9.15. The van der Waals surface area contributed by atoms with E-state index in [0.29, 0.717) is 12.2 Å². The van der Waals surface area contributed by atoms with E-state index >= 15 is 0 Å². The molecule has 0 saturated carbocycles. The number of hydrogen-bond acceptors (Lipinski definition) is 4. The standard InChI is InChI=1S/C10H13N5/c1-7-3-13-9(4-12-7)6-15-8(2)10(11)5-14-15/h3-5H,6,11H2,1-2H3. The molecule has 5 nitrogen and oxygen atoms in total. The summed E-state index contributed by atoms with van der Waals surface area (Å²) in [5, 5.41) is 4.16. The average molecular weight is 203 g/mol. The zero-order valence-corrected chi connectivity index (χ0v) is 8.81. The third-order valence-corrected chi connectivity index (χ3v) is 2.29. The molecule has 0 bridgehead atoms. The maximum absolute atomic E-state index is 5.70. The topological polar surface area (TPSA) is 69.6 Å². The van der Waals surface area contributed by atoms with E-state index in [-0.39, 0.29) is 0 Å². The van der Waals surface area contributed by atoms with Crippen LogP contribution < -0.4 is 5.73 Å². The second kappa shape index (κ2) is 3.68. The summed E-state index contributed by atoms with van der Waals surface area (Å²) in [6.45, 7) is 4.45. The lowest BCUT2D eigenvalue weighted by molar-refractivity contribution is 0.649. The fourth-order valence-corrected chi connectivity index (χ4v) is 1.27. The number of nitrogens with zero attached hydrogens (tertiary/aromatic N) is 4. The van der Waals surface area contributed by atoms with Gasteiger partial charge in [0.05, 0.1) is 41.7 Å². The van der Waals surface area contributed by atoms with Crippen LogP contribution in [0, 0.1) is 13.8 Å². The van der Waals surface area contributed by atoms with Crippen molar-refractivity contribution in [1.82, 2.24) is 19.7 Å². The van der Waals surface area contributed by atoms with Gasteiger partial charge in [-0.05, 0) is 13.8 Å². The minimum Gasteiger partial charge on any atom is -0.396 e. The van der Waals surface area contributed by atoms with E-state index in [1.54, 1.807) is 18.6 Å². The highest BCUT2D eigenvalue weighted by molar-refractivity contribution is 5.39. The van der Waals surface area contributed by atoms with Gasteiger partial charge < -0.3 is 5.73 Å². The number of aryl methyl sites for hydroxylation is 1. The largest absolute Gasteiger partial charge is 0.396 e. The quantitative estimate of drug-likeness (QED) is 0.788. The van der Waals surface area contributed by atoms with Crippen LogP contribution in [0.15, 0.2) is 18.6 Å². The van der Waals surface area contributed by atoms with Crippen LogP contribution in [0.4, 0.5) is 5.69 Å². The van der Waals surface area contributed by atoms with E-state index in [2.05, 4.69) is 15.1 Å². The van der Waals surface area contributed by atoms with Gasteiger partial charge in [-0.3, -0.25) is 14.6 Å². The Kier molecular flexibility index (Phi) is 2.37. The molecule has 0 spiro atoms. The molecule has 2 heterocycles. The normalized spacial score (nSPS) is 10.5. The summed E-state index contributed by atoms with van der Waals surface area (Å²) < 4.78 is 1.81. The van der Waals surface area contributed by atoms with Gasteiger partial charge in [0.2, 0.25) is 0 Å². The molecule has 0 radical (unpaired) electrons. The molecule has 2 aromatic heterocycles. The van der Waals surface area contributed by atoms with Crippen molar-refractivity contribution in [3.63, 3.8) is 0 Å². The van der Waals surface area contributed by atoms with E-state index in [1.165, 1.54) is 0 Å². The number of nitrogens with two attached hydrogens (primary N) is 1. The Bertz CT molecular complexity index is 457. The van der Waals surface area contributed by atoms with E-state index in [1.807, 2.05) is 18.5 Å². The molecule has 0 amide bonds. The minimum absolute atomic E-state index is 0.607. The molecule has 2 aromatic rings. The Balaban J connectivity index is 2.22. The molecule has 0 atom stereocenters. The van der Waals surface area contributed by atoms with Crippen LogP contribution in [0.1, 0.15) is 17.1 Å². The molecule has 5 heteroatoms. The maximum atomic E-state index is 5.70. The van der Waals surface area contributed by atoms with Crippen molar-refractivity contribution in [2.45, 2.75) is 20.4 Å². The van der Waals surface area contributed by atoms with Crippen molar-refractivity contribution in [3.8, 4) is 0 Å². The van der Waals surface area contributed by atoms with Crippen molar-refractivity contribution in [1.29, 1.82) is 0 Å². The van der Waals surface area contributed by atoms with Gasteiger partial charge in [-0.2, -0.15) is 5.10 Å². The lowest BCUT2D eigenvalue weighted by Crippen LogP contribution is -2.06. The highest BCUT2D eigenvalue weighted by Crippen LogP contribution is 2.09. The summed E-state index contributed by atoms with van der Waals surface area (Å²) in [7, 11) is 0. The molecule has 0 aliphatic heterocycles. The van der Waals surface area contributed by atoms with Gasteiger partial charge in [0.15, 0.2) is 0 Å². The first-order valence-electron chi connectivity index (χ1n) is 4.72. The summed E-state index contributed by atoms with van der Waals surface area (Å²) >= 11 is 0. The minimum atomic E-state index is 0.607. The third-order valence-electron chi connectivity index (χ3n) is 2.29. The second-order valence-corrected chi connectivity index (χ2v) is 3.49. The van der Waals surface area contributed by atoms with Gasteiger partial charge in [-0.1, -0.05) is 0 Å². The van der Waals surface area contributed by atoms with Crippen LogP contribution in [0.5, 0.6) is 0 Å². The fraction of sp³-hybridized carbons (Fsp3) is 0.300. The molecule has 0 aliphatic rings. The van der Waals surface area contributed by atoms with Gasteiger partial charge in [0.25, 0.3) is 0 Å². The smallest absolute Gasteiger partial charge is 0.0850 e. The Morgan fingerprint density at radius 2 is 2.00 bits per heavy atom. The first-order chi connectivity index (χ1) is 7.16. The van der Waals surface area contributed by atoms with E-state index in [0.717, 1.165) is 17.1 Å². The van der Waals surface area contributed by atoms with E-state index in [9.17, 15) is 0 Å². The SMILES string of the molecule is Cc1cnc(Cn2ncc(N)c2C)cn1. The zero-order valence-electron chi connectivity index (χ0n) is 8.81. The van der Waals surface area contributed by atoms with Crippen LogP contribution in [-0.4, -0.2) is 19.7 Å². The molecule has 2 N–H and O–H groups in total. The lowest BCUT2D eigenvalue weighted by Gasteiger charge is -2.03. The van der Waals surface area contributed by atoms with Crippen molar-refractivity contribution in [3.05, 3.63) is 35.7 Å². The molecular formula is C10H13N5. The Labute approximate surface area is 88.0 Å². The first-order valence-corrected chi connectivity index (χ1v) is 4.72. The molecule has 0 unspecified atom stereocenters. The predicted octanol–water partition coefficient (Wildman–Crippen LogP) is 0.920. The number of nitrogen functional groups attached to an aromatic ring is 1. The monoisotopic (exact) mass is 203 g/mol. The Hall–Kier alpha value is -1.91. The van der Waals surface area contributed by atoms with E-state index in [4.69, 9.17) is 5.73 Å². The van der Waals surface area contributed by atoms with Crippen LogP contribution >= 0.6 is 0 Å². The van der Waals surface area contributed by atoms with Gasteiger partial charge >= 0.3 is 0 Å². The summed E-state index contributed by atoms with van der Waals surface area (Å²) in [6, 6.07) is 0. The molecule has 0 aromatic carbocycles. The highest BCUT2D eigenvalue weighted by Gasteiger charge is 2.04. The van der Waals surface area contributed by atoms with Gasteiger partial charge in [0.1, 0.15) is 0 Å². The van der Waals surface area contributed by atoms with Crippen LogP contribution in [0.3, 0.4) is 0 Å². The molecule has 0 saturated heterocycles. The molecule has 0 aliphatic carbocycles. The molecule has 15 heavy (non-hydrogen) atoms. The lowest BCUT2D eigenvalue weighted by atomic mass is 10.4. The second-order valence-electron chi connectivity index (χ2n) is 3.49. The van der Waals surface area contributed by atoms with Gasteiger partial charge in [-0.15, -0.1) is 0 Å². The van der Waals surface area contributed by atoms with Crippen molar-refractivity contribution < 1.29 is 0 Å². The van der Waals surface area contributed by atoms with Crippen LogP contribution in [0.2, 0.25) is 0 Å². The Morgan fingerprint density at radius 3 is 2.53 bits per heavy atom. The predicted molar refractivity (Wildman–Crippen MR) is 57.2 cm³/mol. The third kappa shape index (κ3) is 1.96. The number of hydrogen-bond donors (Lipinski definition) is 1. The summed E-state index contributed by atoms with van der Waals surface area (Å²) in [6.07, 6.45) is 5.15. The molecule has 78 valence electrons. The van der Waals surface area contributed by atoms with Gasteiger partial charge in [-0.25, -0.2) is 0 Å². The van der Waals surface area contributed by atoms with Crippen LogP contribution in [0.25, 0.3) is 0 Å². The number of rotatable bonds is 2. The fourth-order valence-electron chi connectivity index (χ4n) is 1.27. The molecule has 2 rings (SSSR count). The van der Waals surface area contributed by atoms with Crippen LogP contribution in [-0.2, 0) is 6.54 Å². The van der Waals surface area contributed by atoms with Gasteiger partial charge in [0, 0.05) is 6.20 Å². The summed E-state index contributed by atoms with van der Waals surface area (Å²) in [5.74, 6) is 0. The number of anilines is 1. The number of aromatic nitrogens is 4. The first kappa shape index (κ1) is 9.64. The average Bonchev–Trinajstić information content (AvgIpc) is 2.53. The van der Waals surface area contributed by atoms with E-state index < -0.39 is 0 Å². The molecular weight excluding hydrogens is 190 g/mol. The Morgan fingerprint density at radius 1 is 1.20 bits per heavy atom. The molecule has 0 fully saturated rings. The summed E-state index contributed by atoms with van der Waals surface area (Å²) in [4.78, 5) is 8.44. The highest BCUT2D eigenvalue weighted by atomic mass is 15.3.